The highest BCUT2D eigenvalue weighted by Crippen LogP contribution is 2.33. The summed E-state index contributed by atoms with van der Waals surface area (Å²) < 4.78 is 0. The van der Waals surface area contributed by atoms with E-state index in [1.54, 1.807) is 0 Å². The molecule has 0 saturated carbocycles. The lowest BCUT2D eigenvalue weighted by Crippen LogP contribution is -2.20. The Hall–Kier alpha value is -2.96. The van der Waals surface area contributed by atoms with Gasteiger partial charge in [0.1, 0.15) is 0 Å². The van der Waals surface area contributed by atoms with E-state index in [4.69, 9.17) is 0 Å². The third kappa shape index (κ3) is 3.82. The lowest BCUT2D eigenvalue weighted by atomic mass is 10.3. The maximum atomic E-state index is 4.63. The molecule has 4 aromatic rings. The second-order valence-electron chi connectivity index (χ2n) is 5.91. The van der Waals surface area contributed by atoms with Crippen molar-refractivity contribution in [2.75, 3.05) is 0 Å². The predicted molar refractivity (Wildman–Crippen MR) is 113 cm³/mol. The first-order valence-corrected chi connectivity index (χ1v) is 9.92. The SMILES string of the molecule is C(=Nc1cccc(P(c2ccccc2)c2ccccc2)c1)c1ccc[nH]1. The van der Waals surface area contributed by atoms with E-state index >= 15 is 0 Å². The summed E-state index contributed by atoms with van der Waals surface area (Å²) in [6.45, 7) is 0. The quantitative estimate of drug-likeness (QED) is 0.403. The standard InChI is InChI=1S/C23H19N2P/c1-3-11-21(12-4-1)26(22-13-5-2-6-14-22)23-15-7-9-19(17-23)25-18-20-10-8-16-24-20/h1-18,24H. The monoisotopic (exact) mass is 354 g/mol. The lowest BCUT2D eigenvalue weighted by molar-refractivity contribution is 1.38. The topological polar surface area (TPSA) is 28.1 Å². The fraction of sp³-hybridized carbons (Fsp3) is 0. The summed E-state index contributed by atoms with van der Waals surface area (Å²) in [6.07, 6.45) is 3.77. The van der Waals surface area contributed by atoms with Crippen LogP contribution in [0.25, 0.3) is 0 Å². The average Bonchev–Trinajstić information content (AvgIpc) is 3.22. The van der Waals surface area contributed by atoms with E-state index in [-0.39, 0.29) is 0 Å². The second kappa shape index (κ2) is 7.95. The Kier molecular flexibility index (Phi) is 5.04. The van der Waals surface area contributed by atoms with Gasteiger partial charge in [-0.15, -0.1) is 0 Å². The van der Waals surface area contributed by atoms with Gasteiger partial charge < -0.3 is 4.98 Å². The number of aromatic nitrogens is 1. The second-order valence-corrected chi connectivity index (χ2v) is 8.13. The smallest absolute Gasteiger partial charge is 0.0637 e. The summed E-state index contributed by atoms with van der Waals surface area (Å²) in [5, 5.41) is 4.00. The Morgan fingerprint density at radius 3 is 1.92 bits per heavy atom. The molecule has 3 aromatic carbocycles. The molecule has 0 aliphatic rings. The van der Waals surface area contributed by atoms with Gasteiger partial charge in [-0.1, -0.05) is 72.8 Å². The predicted octanol–water partition coefficient (Wildman–Crippen LogP) is 4.52. The zero-order chi connectivity index (χ0) is 17.6. The molecule has 126 valence electrons. The summed E-state index contributed by atoms with van der Waals surface area (Å²) >= 11 is 0. The van der Waals surface area contributed by atoms with Crippen molar-refractivity contribution in [1.82, 2.24) is 4.98 Å². The molecule has 0 spiro atoms. The van der Waals surface area contributed by atoms with Crippen molar-refractivity contribution in [3.63, 3.8) is 0 Å². The Labute approximate surface area is 155 Å². The number of aliphatic imine (C=N–C) groups is 1. The molecular weight excluding hydrogens is 335 g/mol. The van der Waals surface area contributed by atoms with Crippen molar-refractivity contribution < 1.29 is 0 Å². The van der Waals surface area contributed by atoms with Gasteiger partial charge in [0, 0.05) is 6.20 Å². The van der Waals surface area contributed by atoms with Crippen molar-refractivity contribution in [3.05, 3.63) is 109 Å². The Morgan fingerprint density at radius 1 is 0.654 bits per heavy atom. The molecule has 0 aliphatic carbocycles. The van der Waals surface area contributed by atoms with Crippen molar-refractivity contribution in [3.8, 4) is 0 Å². The third-order valence-electron chi connectivity index (χ3n) is 4.09. The van der Waals surface area contributed by atoms with E-state index in [0.29, 0.717) is 0 Å². The highest BCUT2D eigenvalue weighted by Gasteiger charge is 2.16. The maximum absolute atomic E-state index is 4.63. The minimum Gasteiger partial charge on any atom is -0.360 e. The number of hydrogen-bond acceptors (Lipinski definition) is 1. The van der Waals surface area contributed by atoms with Crippen LogP contribution in [-0.2, 0) is 0 Å². The fourth-order valence-corrected chi connectivity index (χ4v) is 5.21. The molecule has 0 atom stereocenters. The third-order valence-corrected chi connectivity index (χ3v) is 6.52. The molecule has 2 nitrogen and oxygen atoms in total. The van der Waals surface area contributed by atoms with Gasteiger partial charge in [-0.05, 0) is 48.1 Å². The van der Waals surface area contributed by atoms with Crippen LogP contribution in [0, 0.1) is 0 Å². The minimum absolute atomic E-state index is 0.600. The van der Waals surface area contributed by atoms with Crippen LogP contribution in [0.3, 0.4) is 0 Å². The molecule has 4 rings (SSSR count). The van der Waals surface area contributed by atoms with Gasteiger partial charge in [0.25, 0.3) is 0 Å². The number of aromatic amines is 1. The number of hydrogen-bond donors (Lipinski definition) is 1. The molecule has 0 aliphatic heterocycles. The van der Waals surface area contributed by atoms with Gasteiger partial charge in [-0.3, -0.25) is 4.99 Å². The van der Waals surface area contributed by atoms with Gasteiger partial charge >= 0.3 is 0 Å². The van der Waals surface area contributed by atoms with Gasteiger partial charge in [-0.2, -0.15) is 0 Å². The van der Waals surface area contributed by atoms with E-state index in [9.17, 15) is 0 Å². The van der Waals surface area contributed by atoms with Crippen molar-refractivity contribution in [2.24, 2.45) is 4.99 Å². The molecule has 0 unspecified atom stereocenters. The van der Waals surface area contributed by atoms with Crippen LogP contribution in [-0.4, -0.2) is 11.2 Å². The van der Waals surface area contributed by atoms with E-state index in [1.807, 2.05) is 30.6 Å². The molecule has 1 heterocycles. The molecule has 26 heavy (non-hydrogen) atoms. The fourth-order valence-electron chi connectivity index (χ4n) is 2.88. The van der Waals surface area contributed by atoms with Crippen molar-refractivity contribution in [2.45, 2.75) is 0 Å². The number of benzene rings is 3. The normalized spacial score (nSPS) is 11.3. The molecule has 3 heteroatoms. The number of nitrogens with zero attached hydrogens (tertiary/aromatic N) is 1. The highest BCUT2D eigenvalue weighted by atomic mass is 31.1. The first kappa shape index (κ1) is 16.5. The van der Waals surface area contributed by atoms with Crippen LogP contribution >= 0.6 is 7.92 Å². The van der Waals surface area contributed by atoms with Crippen LogP contribution < -0.4 is 15.9 Å². The van der Waals surface area contributed by atoms with E-state index in [2.05, 4.69) is 88.8 Å². The maximum Gasteiger partial charge on any atom is 0.0637 e. The van der Waals surface area contributed by atoms with Crippen LogP contribution in [0.2, 0.25) is 0 Å². The Bertz CT molecular complexity index is 938. The van der Waals surface area contributed by atoms with Crippen molar-refractivity contribution in [1.29, 1.82) is 0 Å². The molecule has 0 amide bonds. The van der Waals surface area contributed by atoms with Gasteiger partial charge in [0.15, 0.2) is 0 Å². The first-order valence-electron chi connectivity index (χ1n) is 8.58. The molecule has 0 radical (unpaired) electrons. The summed E-state index contributed by atoms with van der Waals surface area (Å²) in [6, 6.07) is 34.0. The largest absolute Gasteiger partial charge is 0.360 e. The summed E-state index contributed by atoms with van der Waals surface area (Å²) in [4.78, 5) is 7.78. The number of rotatable bonds is 5. The molecule has 1 aromatic heterocycles. The van der Waals surface area contributed by atoms with Gasteiger partial charge in [0.2, 0.25) is 0 Å². The molecule has 1 N–H and O–H groups in total. The van der Waals surface area contributed by atoms with Crippen LogP contribution in [0.1, 0.15) is 5.69 Å². The van der Waals surface area contributed by atoms with Gasteiger partial charge in [-0.25, -0.2) is 0 Å². The average molecular weight is 354 g/mol. The molecular formula is C23H19N2P. The highest BCUT2D eigenvalue weighted by molar-refractivity contribution is 7.79. The summed E-state index contributed by atoms with van der Waals surface area (Å²) in [5.74, 6) is 0. The Balaban J connectivity index is 1.73. The lowest BCUT2D eigenvalue weighted by Gasteiger charge is -2.19. The van der Waals surface area contributed by atoms with Gasteiger partial charge in [0.05, 0.1) is 17.6 Å². The summed E-state index contributed by atoms with van der Waals surface area (Å²) in [7, 11) is -0.600. The van der Waals surface area contributed by atoms with Crippen molar-refractivity contribution >= 4 is 35.7 Å². The van der Waals surface area contributed by atoms with E-state index in [1.165, 1.54) is 15.9 Å². The van der Waals surface area contributed by atoms with E-state index < -0.39 is 7.92 Å². The zero-order valence-electron chi connectivity index (χ0n) is 14.3. The van der Waals surface area contributed by atoms with E-state index in [0.717, 1.165) is 11.4 Å². The summed E-state index contributed by atoms with van der Waals surface area (Å²) in [5.41, 5.74) is 1.97. The van der Waals surface area contributed by atoms with Crippen LogP contribution in [0.4, 0.5) is 5.69 Å². The number of nitrogens with one attached hydrogen (secondary N) is 1. The minimum atomic E-state index is -0.600. The zero-order valence-corrected chi connectivity index (χ0v) is 15.2. The van der Waals surface area contributed by atoms with Crippen LogP contribution in [0.5, 0.6) is 0 Å². The molecule has 0 fully saturated rings. The Morgan fingerprint density at radius 2 is 1.31 bits per heavy atom. The molecule has 0 saturated heterocycles. The van der Waals surface area contributed by atoms with Crippen LogP contribution in [0.15, 0.2) is 108 Å². The molecule has 0 bridgehead atoms. The first-order chi connectivity index (χ1) is 12.9. The number of H-pyrrole nitrogens is 1.